The molecule has 35 heavy (non-hydrogen) atoms. The van der Waals surface area contributed by atoms with Gasteiger partial charge in [-0.1, -0.05) is 36.7 Å². The first kappa shape index (κ1) is 24.9. The fourth-order valence-electron chi connectivity index (χ4n) is 4.23. The van der Waals surface area contributed by atoms with Gasteiger partial charge in [-0.15, -0.1) is 0 Å². The number of rotatable bonds is 5. The van der Waals surface area contributed by atoms with E-state index in [1.54, 1.807) is 17.0 Å². The molecule has 0 radical (unpaired) electrons. The second-order valence-electron chi connectivity index (χ2n) is 8.69. The van der Waals surface area contributed by atoms with Gasteiger partial charge in [0, 0.05) is 36.1 Å². The number of hydrogen-bond donors (Lipinski definition) is 2. The highest BCUT2D eigenvalue weighted by Crippen LogP contribution is 2.30. The summed E-state index contributed by atoms with van der Waals surface area (Å²) < 4.78 is 5.19. The number of hydrogen-bond acceptors (Lipinski definition) is 6. The van der Waals surface area contributed by atoms with Crippen molar-refractivity contribution >= 4 is 34.5 Å². The van der Waals surface area contributed by atoms with Gasteiger partial charge in [0.1, 0.15) is 6.17 Å². The van der Waals surface area contributed by atoms with Crippen molar-refractivity contribution in [3.63, 3.8) is 0 Å². The van der Waals surface area contributed by atoms with E-state index in [-0.39, 0.29) is 12.5 Å². The molecule has 8 nitrogen and oxygen atoms in total. The summed E-state index contributed by atoms with van der Waals surface area (Å²) in [7, 11) is 0. The number of aryl methyl sites for hydroxylation is 1. The maximum Gasteiger partial charge on any atom is 0.411 e. The summed E-state index contributed by atoms with van der Waals surface area (Å²) in [6, 6.07) is 13.1. The summed E-state index contributed by atoms with van der Waals surface area (Å²) in [5, 5.41) is 1.33. The number of nitrogens with two attached hydrogens (primary N) is 2. The van der Waals surface area contributed by atoms with Crippen LogP contribution in [0.15, 0.2) is 42.5 Å². The summed E-state index contributed by atoms with van der Waals surface area (Å²) in [6.45, 7) is 5.66. The highest BCUT2D eigenvalue weighted by atomic mass is 35.5. The van der Waals surface area contributed by atoms with E-state index in [4.69, 9.17) is 32.8 Å². The van der Waals surface area contributed by atoms with Crippen LogP contribution >= 0.6 is 11.6 Å². The van der Waals surface area contributed by atoms with E-state index in [9.17, 15) is 9.59 Å². The Morgan fingerprint density at radius 3 is 2.66 bits per heavy atom. The van der Waals surface area contributed by atoms with Crippen LogP contribution in [0.3, 0.4) is 0 Å². The number of aromatic nitrogens is 1. The lowest BCUT2D eigenvalue weighted by Crippen LogP contribution is -2.60. The van der Waals surface area contributed by atoms with E-state index < -0.39 is 12.3 Å². The molecule has 1 fully saturated rings. The van der Waals surface area contributed by atoms with Gasteiger partial charge < -0.3 is 21.1 Å². The fraction of sp³-hybridized carbons (Fsp3) is 0.346. The molecule has 2 heterocycles. The van der Waals surface area contributed by atoms with Crippen molar-refractivity contribution in [2.75, 3.05) is 26.2 Å². The first-order valence-corrected chi connectivity index (χ1v) is 12.1. The van der Waals surface area contributed by atoms with Gasteiger partial charge in [-0.05, 0) is 48.7 Å². The molecular formula is C26H30ClN5O3. The van der Waals surface area contributed by atoms with Crippen molar-refractivity contribution in [1.29, 1.82) is 0 Å². The first-order valence-electron chi connectivity index (χ1n) is 11.7. The van der Waals surface area contributed by atoms with Crippen LogP contribution in [0.2, 0.25) is 5.02 Å². The molecule has 0 spiro atoms. The summed E-state index contributed by atoms with van der Waals surface area (Å²) >= 11 is 6.57. The Bertz CT molecular complexity index is 1270. The van der Waals surface area contributed by atoms with E-state index in [1.165, 1.54) is 4.90 Å². The number of benzene rings is 2. The van der Waals surface area contributed by atoms with Crippen LogP contribution in [0, 0.1) is 6.92 Å². The van der Waals surface area contributed by atoms with Gasteiger partial charge in [-0.2, -0.15) is 0 Å². The van der Waals surface area contributed by atoms with Crippen molar-refractivity contribution in [3.8, 4) is 11.3 Å². The van der Waals surface area contributed by atoms with E-state index in [2.05, 4.69) is 0 Å². The van der Waals surface area contributed by atoms with Crippen molar-refractivity contribution < 1.29 is 14.3 Å². The third-order valence-corrected chi connectivity index (χ3v) is 6.55. The first-order chi connectivity index (χ1) is 16.8. The lowest BCUT2D eigenvalue weighted by molar-refractivity contribution is 0.0390. The minimum absolute atomic E-state index is 0.171. The van der Waals surface area contributed by atoms with Crippen LogP contribution in [0.5, 0.6) is 0 Å². The molecule has 9 heteroatoms. The Hall–Kier alpha value is -3.20. The topological polar surface area (TPSA) is 115 Å². The molecule has 1 aliphatic rings. The zero-order chi connectivity index (χ0) is 25.1. The average Bonchev–Trinajstić information content (AvgIpc) is 2.86. The number of carbonyl (C=O) groups is 2. The second-order valence-corrected chi connectivity index (χ2v) is 9.10. The molecule has 4 rings (SSSR count). The Kier molecular flexibility index (Phi) is 7.54. The number of carbonyl (C=O) groups excluding carboxylic acids is 2. The van der Waals surface area contributed by atoms with Crippen LogP contribution in [0.25, 0.3) is 22.2 Å². The maximum absolute atomic E-state index is 13.3. The average molecular weight is 496 g/mol. The Morgan fingerprint density at radius 2 is 1.97 bits per heavy atom. The molecule has 4 N–H and O–H groups in total. The largest absolute Gasteiger partial charge is 0.449 e. The van der Waals surface area contributed by atoms with Crippen LogP contribution < -0.4 is 11.5 Å². The Balaban J connectivity index is 1.57. The van der Waals surface area contributed by atoms with E-state index >= 15 is 0 Å². The van der Waals surface area contributed by atoms with Crippen molar-refractivity contribution in [2.24, 2.45) is 11.5 Å². The van der Waals surface area contributed by atoms with Gasteiger partial charge in [-0.3, -0.25) is 9.69 Å². The number of piperazine rings is 1. The number of halogens is 1. The highest BCUT2D eigenvalue weighted by molar-refractivity contribution is 6.35. The number of ether oxygens (including phenoxy) is 1. The van der Waals surface area contributed by atoms with Crippen molar-refractivity contribution in [3.05, 3.63) is 64.2 Å². The van der Waals surface area contributed by atoms with Gasteiger partial charge in [0.25, 0.3) is 5.91 Å². The summed E-state index contributed by atoms with van der Waals surface area (Å²) in [4.78, 5) is 33.3. The molecule has 1 saturated heterocycles. The third-order valence-electron chi connectivity index (χ3n) is 6.23. The molecule has 0 saturated carbocycles. The van der Waals surface area contributed by atoms with Gasteiger partial charge in [0.15, 0.2) is 0 Å². The number of pyridine rings is 1. The van der Waals surface area contributed by atoms with Gasteiger partial charge in [0.2, 0.25) is 0 Å². The molecule has 184 valence electrons. The van der Waals surface area contributed by atoms with Crippen LogP contribution in [0.4, 0.5) is 4.79 Å². The second kappa shape index (κ2) is 10.6. The van der Waals surface area contributed by atoms with Crippen molar-refractivity contribution in [1.82, 2.24) is 14.8 Å². The van der Waals surface area contributed by atoms with Crippen LogP contribution in [-0.2, 0) is 11.3 Å². The van der Waals surface area contributed by atoms with Crippen molar-refractivity contribution in [2.45, 2.75) is 33.0 Å². The molecule has 2 amide bonds. The molecule has 0 unspecified atom stereocenters. The predicted molar refractivity (Wildman–Crippen MR) is 137 cm³/mol. The molecule has 1 aliphatic heterocycles. The minimum atomic E-state index is -0.628. The van der Waals surface area contributed by atoms with Gasteiger partial charge >= 0.3 is 6.09 Å². The zero-order valence-corrected chi connectivity index (χ0v) is 20.7. The number of nitrogens with zero attached hydrogens (tertiary/aromatic N) is 3. The number of fused-ring (bicyclic) bond motifs is 1. The molecule has 0 aliphatic carbocycles. The van der Waals surface area contributed by atoms with Gasteiger partial charge in [-0.25, -0.2) is 9.78 Å². The minimum Gasteiger partial charge on any atom is -0.449 e. The Labute approximate surface area is 209 Å². The van der Waals surface area contributed by atoms with E-state index in [1.807, 2.05) is 44.2 Å². The maximum atomic E-state index is 13.3. The van der Waals surface area contributed by atoms with Gasteiger partial charge in [0.05, 0.1) is 29.4 Å². The molecule has 2 aromatic carbocycles. The lowest BCUT2D eigenvalue weighted by atomic mass is 10.0. The lowest BCUT2D eigenvalue weighted by Gasteiger charge is -2.38. The normalized spacial score (nSPS) is 16.0. The SMILES string of the molecule is CCCOC(=O)N1CCN(C(=O)c2ccc3c(Cl)cc(-c4ccc(CN)c(C)c4)nc3c2)C[C@H]1N. The fourth-order valence-corrected chi connectivity index (χ4v) is 4.49. The van der Waals surface area contributed by atoms with Crippen LogP contribution in [0.1, 0.15) is 34.8 Å². The third kappa shape index (κ3) is 5.24. The summed E-state index contributed by atoms with van der Waals surface area (Å²) in [5.74, 6) is -0.171. The molecule has 0 bridgehead atoms. The van der Waals surface area contributed by atoms with E-state index in [0.717, 1.165) is 34.2 Å². The standard InChI is InChI=1S/C26H30ClN5O3/c1-3-10-35-26(34)32-9-8-31(15-24(32)29)25(33)18-6-7-20-21(27)13-22(30-23(20)12-18)17-4-5-19(14-28)16(2)11-17/h4-7,11-13,24H,3,8-10,14-15,28-29H2,1-2H3/t24-/m0/s1. The molecule has 1 aromatic heterocycles. The summed E-state index contributed by atoms with van der Waals surface area (Å²) in [5.41, 5.74) is 16.9. The highest BCUT2D eigenvalue weighted by Gasteiger charge is 2.31. The smallest absolute Gasteiger partial charge is 0.411 e. The van der Waals surface area contributed by atoms with E-state index in [0.29, 0.717) is 42.3 Å². The quantitative estimate of drug-likeness (QED) is 0.554. The van der Waals surface area contributed by atoms with Crippen LogP contribution in [-0.4, -0.2) is 59.2 Å². The molecule has 3 aromatic rings. The monoisotopic (exact) mass is 495 g/mol. The predicted octanol–water partition coefficient (Wildman–Crippen LogP) is 3.91. The molecular weight excluding hydrogens is 466 g/mol. The summed E-state index contributed by atoms with van der Waals surface area (Å²) in [6.07, 6.45) is -0.338. The zero-order valence-electron chi connectivity index (χ0n) is 20.0. The molecule has 1 atom stereocenters. The number of amides is 2. The Morgan fingerprint density at radius 1 is 1.17 bits per heavy atom.